The van der Waals surface area contributed by atoms with Crippen molar-refractivity contribution in [3.8, 4) is 0 Å². The van der Waals surface area contributed by atoms with E-state index in [1.165, 1.54) is 7.11 Å². The second-order valence-corrected chi connectivity index (χ2v) is 4.85. The van der Waals surface area contributed by atoms with Crippen LogP contribution in [-0.2, 0) is 9.63 Å². The van der Waals surface area contributed by atoms with E-state index in [1.54, 1.807) is 10.6 Å². The van der Waals surface area contributed by atoms with Crippen LogP contribution in [0.15, 0.2) is 24.3 Å². The summed E-state index contributed by atoms with van der Waals surface area (Å²) in [6.45, 7) is 1.97. The first kappa shape index (κ1) is 12.7. The first-order valence-electron chi connectivity index (χ1n) is 6.24. The first-order chi connectivity index (χ1) is 9.52. The highest BCUT2D eigenvalue weighted by molar-refractivity contribution is 6.01. The number of aliphatic carboxylic acids is 1. The van der Waals surface area contributed by atoms with E-state index >= 15 is 0 Å². The van der Waals surface area contributed by atoms with Crippen LogP contribution in [0.1, 0.15) is 28.6 Å². The van der Waals surface area contributed by atoms with Crippen LogP contribution in [0.3, 0.4) is 0 Å². The minimum atomic E-state index is -0.980. The fraction of sp³-hybridized carbons (Fsp3) is 0.286. The Morgan fingerprint density at radius 3 is 2.80 bits per heavy atom. The number of amides is 1. The van der Waals surface area contributed by atoms with Gasteiger partial charge in [0, 0.05) is 5.39 Å². The van der Waals surface area contributed by atoms with Crippen molar-refractivity contribution in [1.82, 2.24) is 9.63 Å². The number of rotatable bonds is 3. The Morgan fingerprint density at radius 2 is 2.15 bits per heavy atom. The van der Waals surface area contributed by atoms with Crippen molar-refractivity contribution in [3.05, 3.63) is 35.5 Å². The third-order valence-corrected chi connectivity index (χ3v) is 3.54. The van der Waals surface area contributed by atoms with Crippen LogP contribution in [0.5, 0.6) is 0 Å². The van der Waals surface area contributed by atoms with Gasteiger partial charge in [0.05, 0.1) is 19.0 Å². The Hall–Kier alpha value is -2.34. The summed E-state index contributed by atoms with van der Waals surface area (Å²) >= 11 is 0. The predicted octanol–water partition coefficient (Wildman–Crippen LogP) is 1.94. The fourth-order valence-corrected chi connectivity index (χ4v) is 2.73. The maximum Gasteiger partial charge on any atom is 0.307 e. The van der Waals surface area contributed by atoms with E-state index in [1.807, 2.05) is 25.1 Å². The Balaban J connectivity index is 2.21. The van der Waals surface area contributed by atoms with Crippen LogP contribution in [-0.4, -0.2) is 33.7 Å². The van der Waals surface area contributed by atoms with E-state index in [9.17, 15) is 9.59 Å². The number of benzene rings is 1. The smallest absolute Gasteiger partial charge is 0.307 e. The van der Waals surface area contributed by atoms with Gasteiger partial charge in [0.2, 0.25) is 0 Å². The maximum atomic E-state index is 12.3. The maximum absolute atomic E-state index is 12.3. The lowest BCUT2D eigenvalue weighted by Gasteiger charge is -2.22. The quantitative estimate of drug-likeness (QED) is 0.928. The molecule has 0 aliphatic carbocycles. The van der Waals surface area contributed by atoms with Crippen molar-refractivity contribution in [2.45, 2.75) is 19.5 Å². The van der Waals surface area contributed by atoms with Gasteiger partial charge in [-0.2, -0.15) is 5.06 Å². The molecule has 1 aliphatic heterocycles. The number of nitrogens with zero attached hydrogens (tertiary/aromatic N) is 2. The summed E-state index contributed by atoms with van der Waals surface area (Å²) in [6.07, 6.45) is -0.857. The second-order valence-electron chi connectivity index (χ2n) is 4.85. The Morgan fingerprint density at radius 1 is 1.40 bits per heavy atom. The molecule has 0 saturated carbocycles. The van der Waals surface area contributed by atoms with Gasteiger partial charge in [-0.3, -0.25) is 14.4 Å². The summed E-state index contributed by atoms with van der Waals surface area (Å²) in [5.74, 6) is -1.29. The van der Waals surface area contributed by atoms with E-state index in [0.717, 1.165) is 21.5 Å². The highest BCUT2D eigenvalue weighted by Gasteiger charge is 2.39. The van der Waals surface area contributed by atoms with Crippen LogP contribution in [0, 0.1) is 6.92 Å². The number of aromatic nitrogens is 1. The molecule has 104 valence electrons. The van der Waals surface area contributed by atoms with Gasteiger partial charge < -0.3 is 9.67 Å². The molecule has 0 saturated heterocycles. The fourth-order valence-electron chi connectivity index (χ4n) is 2.73. The first-order valence-corrected chi connectivity index (χ1v) is 6.24. The summed E-state index contributed by atoms with van der Waals surface area (Å²) < 4.78 is 1.73. The molecule has 1 N–H and O–H groups in total. The van der Waals surface area contributed by atoms with Gasteiger partial charge in [-0.15, -0.1) is 0 Å². The van der Waals surface area contributed by atoms with Gasteiger partial charge in [0.15, 0.2) is 0 Å². The van der Waals surface area contributed by atoms with E-state index < -0.39 is 12.1 Å². The average Bonchev–Trinajstić information content (AvgIpc) is 2.85. The highest BCUT2D eigenvalue weighted by atomic mass is 16.7. The van der Waals surface area contributed by atoms with Crippen molar-refractivity contribution in [3.63, 3.8) is 0 Å². The number of carbonyl (C=O) groups excluding carboxylic acids is 1. The van der Waals surface area contributed by atoms with Gasteiger partial charge in [-0.1, -0.05) is 11.6 Å². The number of aryl methyl sites for hydroxylation is 1. The molecule has 1 aliphatic rings. The number of carbonyl (C=O) groups is 2. The van der Waals surface area contributed by atoms with Crippen molar-refractivity contribution < 1.29 is 19.5 Å². The van der Waals surface area contributed by atoms with Gasteiger partial charge in [-0.25, -0.2) is 0 Å². The van der Waals surface area contributed by atoms with Gasteiger partial charge >= 0.3 is 5.97 Å². The van der Waals surface area contributed by atoms with Gasteiger partial charge in [0.25, 0.3) is 5.91 Å². The lowest BCUT2D eigenvalue weighted by molar-refractivity contribution is -0.153. The van der Waals surface area contributed by atoms with E-state index in [4.69, 9.17) is 9.94 Å². The van der Waals surface area contributed by atoms with Crippen molar-refractivity contribution >= 4 is 22.8 Å². The lowest BCUT2D eigenvalue weighted by atomic mass is 10.2. The molecule has 0 fully saturated rings. The summed E-state index contributed by atoms with van der Waals surface area (Å²) in [5, 5.41) is 11.1. The number of hydroxylamine groups is 2. The molecule has 2 aromatic rings. The predicted molar refractivity (Wildman–Crippen MR) is 71.1 cm³/mol. The average molecular weight is 274 g/mol. The molecule has 1 amide bonds. The van der Waals surface area contributed by atoms with Crippen LogP contribution < -0.4 is 0 Å². The van der Waals surface area contributed by atoms with Crippen LogP contribution >= 0.6 is 0 Å². The number of fused-ring (bicyclic) bond motifs is 3. The van der Waals surface area contributed by atoms with E-state index in [0.29, 0.717) is 5.69 Å². The van der Waals surface area contributed by atoms with Crippen LogP contribution in [0.2, 0.25) is 0 Å². The Kier molecular flexibility index (Phi) is 2.76. The number of hydrogen-bond acceptors (Lipinski definition) is 3. The van der Waals surface area contributed by atoms with Crippen LogP contribution in [0.25, 0.3) is 10.9 Å². The standard InChI is InChI=1S/C14H14N2O4/c1-8-3-4-10-9(5-8)6-11-14(19)16(20-2)12(15(10)11)7-13(17)18/h3-6,12H,7H2,1-2H3,(H,17,18). The zero-order valence-corrected chi connectivity index (χ0v) is 11.2. The SMILES string of the molecule is CON1C(=O)c2cc3cc(C)ccc3n2C1CC(=O)O. The molecule has 1 aromatic heterocycles. The molecule has 0 radical (unpaired) electrons. The molecule has 1 aromatic carbocycles. The number of hydrogen-bond donors (Lipinski definition) is 1. The van der Waals surface area contributed by atoms with Gasteiger partial charge in [-0.05, 0) is 25.1 Å². The normalized spacial score (nSPS) is 17.8. The molecule has 0 bridgehead atoms. The largest absolute Gasteiger partial charge is 0.481 e. The molecule has 1 atom stereocenters. The molecule has 1 unspecified atom stereocenters. The minimum absolute atomic E-state index is 0.204. The van der Waals surface area contributed by atoms with Crippen molar-refractivity contribution in [1.29, 1.82) is 0 Å². The molecule has 2 heterocycles. The lowest BCUT2D eigenvalue weighted by Crippen LogP contribution is -2.30. The van der Waals surface area contributed by atoms with Crippen molar-refractivity contribution in [2.24, 2.45) is 0 Å². The molecule has 20 heavy (non-hydrogen) atoms. The molecule has 6 heteroatoms. The number of carboxylic acid groups (broad SMARTS) is 1. The molecular formula is C14H14N2O4. The van der Waals surface area contributed by atoms with E-state index in [-0.39, 0.29) is 12.3 Å². The summed E-state index contributed by atoms with van der Waals surface area (Å²) in [6, 6.07) is 7.59. The summed E-state index contributed by atoms with van der Waals surface area (Å²) in [7, 11) is 1.37. The Bertz CT molecular complexity index is 719. The van der Waals surface area contributed by atoms with Gasteiger partial charge in [0.1, 0.15) is 11.9 Å². The van der Waals surface area contributed by atoms with Crippen LogP contribution in [0.4, 0.5) is 0 Å². The minimum Gasteiger partial charge on any atom is -0.481 e. The number of carboxylic acids is 1. The summed E-state index contributed by atoms with van der Waals surface area (Å²) in [4.78, 5) is 28.3. The topological polar surface area (TPSA) is 71.8 Å². The molecule has 3 rings (SSSR count). The van der Waals surface area contributed by atoms with E-state index in [2.05, 4.69) is 0 Å². The third-order valence-electron chi connectivity index (χ3n) is 3.54. The third kappa shape index (κ3) is 1.69. The van der Waals surface area contributed by atoms with Crippen molar-refractivity contribution in [2.75, 3.05) is 7.11 Å². The highest BCUT2D eigenvalue weighted by Crippen LogP contribution is 2.35. The molecular weight excluding hydrogens is 260 g/mol. The summed E-state index contributed by atoms with van der Waals surface area (Å²) in [5.41, 5.74) is 2.39. The molecule has 6 nitrogen and oxygen atoms in total. The Labute approximate surface area is 115 Å². The zero-order valence-electron chi connectivity index (χ0n) is 11.2. The molecule has 0 spiro atoms. The zero-order chi connectivity index (χ0) is 14.4. The monoisotopic (exact) mass is 274 g/mol. The second kappa shape index (κ2) is 4.35.